The Morgan fingerprint density at radius 2 is 1.81 bits per heavy atom. The van der Waals surface area contributed by atoms with Crippen LogP contribution < -0.4 is 5.32 Å². The van der Waals surface area contributed by atoms with Gasteiger partial charge in [0.2, 0.25) is 5.91 Å². The second kappa shape index (κ2) is 7.32. The third-order valence-electron chi connectivity index (χ3n) is 3.53. The fraction of sp³-hybridized carbons (Fsp3) is 0.0556. The molecule has 2 aromatic carbocycles. The van der Waals surface area contributed by atoms with E-state index in [0.29, 0.717) is 23.0 Å². The van der Waals surface area contributed by atoms with Gasteiger partial charge in [0.25, 0.3) is 11.1 Å². The molecular formula is C18H14N2O5S. The molecular weight excluding hydrogens is 356 g/mol. The quantitative estimate of drug-likeness (QED) is 0.564. The van der Waals surface area contributed by atoms with E-state index < -0.39 is 23.6 Å². The van der Waals surface area contributed by atoms with Gasteiger partial charge in [0.05, 0.1) is 4.91 Å². The number of phenolic OH excluding ortho intramolecular Hbond substituents is 2. The molecule has 0 unspecified atom stereocenters. The molecule has 3 rings (SSSR count). The number of nitrogens with one attached hydrogen (secondary N) is 1. The van der Waals surface area contributed by atoms with Crippen LogP contribution in [0.2, 0.25) is 0 Å². The van der Waals surface area contributed by atoms with E-state index in [4.69, 9.17) is 0 Å². The second-order valence-corrected chi connectivity index (χ2v) is 6.42. The molecule has 0 aliphatic carbocycles. The van der Waals surface area contributed by atoms with Crippen molar-refractivity contribution in [2.45, 2.75) is 0 Å². The van der Waals surface area contributed by atoms with Crippen molar-refractivity contribution in [3.8, 4) is 11.5 Å². The van der Waals surface area contributed by atoms with E-state index >= 15 is 0 Å². The SMILES string of the molecule is O=C(CN1C(=O)S/C(=C/c2ccc(O)c(O)c2)C1=O)Nc1ccccc1. The summed E-state index contributed by atoms with van der Waals surface area (Å²) in [5, 5.41) is 20.9. The van der Waals surface area contributed by atoms with E-state index in [0.717, 1.165) is 4.90 Å². The summed E-state index contributed by atoms with van der Waals surface area (Å²) in [6, 6.07) is 12.7. The van der Waals surface area contributed by atoms with Gasteiger partial charge in [0.1, 0.15) is 6.54 Å². The predicted molar refractivity (Wildman–Crippen MR) is 97.5 cm³/mol. The Labute approximate surface area is 152 Å². The van der Waals surface area contributed by atoms with Gasteiger partial charge in [-0.05, 0) is 47.7 Å². The molecule has 0 spiro atoms. The summed E-state index contributed by atoms with van der Waals surface area (Å²) >= 11 is 0.709. The van der Waals surface area contributed by atoms with Crippen molar-refractivity contribution in [3.63, 3.8) is 0 Å². The van der Waals surface area contributed by atoms with Gasteiger partial charge < -0.3 is 15.5 Å². The number of carbonyl (C=O) groups is 3. The van der Waals surface area contributed by atoms with Gasteiger partial charge in [0, 0.05) is 5.69 Å². The second-order valence-electron chi connectivity index (χ2n) is 5.43. The van der Waals surface area contributed by atoms with Crippen LogP contribution in [-0.4, -0.2) is 38.7 Å². The number of rotatable bonds is 4. The molecule has 1 aliphatic heterocycles. The maximum atomic E-state index is 12.4. The first kappa shape index (κ1) is 17.6. The number of thioether (sulfide) groups is 1. The minimum absolute atomic E-state index is 0.132. The van der Waals surface area contributed by atoms with Crippen molar-refractivity contribution < 1.29 is 24.6 Å². The summed E-state index contributed by atoms with van der Waals surface area (Å²) in [5.41, 5.74) is 1.01. The fourth-order valence-corrected chi connectivity index (χ4v) is 3.12. The Kier molecular flexibility index (Phi) is 4.94. The maximum Gasteiger partial charge on any atom is 0.294 e. The topological polar surface area (TPSA) is 107 Å². The van der Waals surface area contributed by atoms with Gasteiger partial charge in [-0.15, -0.1) is 0 Å². The van der Waals surface area contributed by atoms with Crippen LogP contribution in [0.1, 0.15) is 5.56 Å². The van der Waals surface area contributed by atoms with Crippen LogP contribution >= 0.6 is 11.8 Å². The van der Waals surface area contributed by atoms with E-state index in [-0.39, 0.29) is 16.4 Å². The van der Waals surface area contributed by atoms with Crippen LogP contribution in [0.3, 0.4) is 0 Å². The first-order valence-corrected chi connectivity index (χ1v) is 8.38. The van der Waals surface area contributed by atoms with Gasteiger partial charge >= 0.3 is 0 Å². The number of benzene rings is 2. The number of para-hydroxylation sites is 1. The third kappa shape index (κ3) is 3.86. The lowest BCUT2D eigenvalue weighted by molar-refractivity contribution is -0.127. The van der Waals surface area contributed by atoms with Crippen LogP contribution in [-0.2, 0) is 9.59 Å². The molecule has 0 bridgehead atoms. The van der Waals surface area contributed by atoms with Gasteiger partial charge in [-0.1, -0.05) is 24.3 Å². The van der Waals surface area contributed by atoms with Gasteiger partial charge in [-0.25, -0.2) is 0 Å². The molecule has 1 saturated heterocycles. The van der Waals surface area contributed by atoms with Crippen molar-refractivity contribution in [3.05, 3.63) is 59.0 Å². The van der Waals surface area contributed by atoms with Crippen molar-refractivity contribution in [1.29, 1.82) is 0 Å². The molecule has 0 radical (unpaired) electrons. The van der Waals surface area contributed by atoms with E-state index in [9.17, 15) is 24.6 Å². The zero-order valence-corrected chi connectivity index (χ0v) is 14.2. The summed E-state index contributed by atoms with van der Waals surface area (Å²) < 4.78 is 0. The van der Waals surface area contributed by atoms with Crippen molar-refractivity contribution in [2.75, 3.05) is 11.9 Å². The summed E-state index contributed by atoms with van der Waals surface area (Å²) in [5.74, 6) is -1.69. The fourth-order valence-electron chi connectivity index (χ4n) is 2.28. The highest BCUT2D eigenvalue weighted by molar-refractivity contribution is 8.18. The lowest BCUT2D eigenvalue weighted by Gasteiger charge is -2.12. The first-order valence-electron chi connectivity index (χ1n) is 7.56. The largest absolute Gasteiger partial charge is 0.504 e. The van der Waals surface area contributed by atoms with Crippen molar-refractivity contribution in [2.24, 2.45) is 0 Å². The highest BCUT2D eigenvalue weighted by Gasteiger charge is 2.36. The molecule has 1 aliphatic rings. The number of aromatic hydroxyl groups is 2. The zero-order valence-electron chi connectivity index (χ0n) is 13.4. The molecule has 3 amide bonds. The lowest BCUT2D eigenvalue weighted by atomic mass is 10.2. The van der Waals surface area contributed by atoms with Gasteiger partial charge in [0.15, 0.2) is 11.5 Å². The Bertz CT molecular complexity index is 911. The first-order chi connectivity index (χ1) is 12.4. The number of hydrogen-bond donors (Lipinski definition) is 3. The summed E-state index contributed by atoms with van der Waals surface area (Å²) in [6.45, 7) is -0.391. The number of phenols is 2. The predicted octanol–water partition coefficient (Wildman–Crippen LogP) is 2.77. The molecule has 2 aromatic rings. The number of amides is 3. The number of hydrogen-bond acceptors (Lipinski definition) is 6. The zero-order chi connectivity index (χ0) is 18.7. The Balaban J connectivity index is 1.71. The van der Waals surface area contributed by atoms with Crippen LogP contribution in [0.5, 0.6) is 11.5 Å². The molecule has 0 atom stereocenters. The molecule has 26 heavy (non-hydrogen) atoms. The van der Waals surface area contributed by atoms with Crippen molar-refractivity contribution >= 4 is 40.6 Å². The average Bonchev–Trinajstić information content (AvgIpc) is 2.86. The molecule has 8 heteroatoms. The van der Waals surface area contributed by atoms with Gasteiger partial charge in [-0.3, -0.25) is 19.3 Å². The smallest absolute Gasteiger partial charge is 0.294 e. The number of carbonyl (C=O) groups excluding carboxylic acids is 3. The van der Waals surface area contributed by atoms with E-state index in [1.807, 2.05) is 0 Å². The third-order valence-corrected chi connectivity index (χ3v) is 4.44. The highest BCUT2D eigenvalue weighted by atomic mass is 32.2. The highest BCUT2D eigenvalue weighted by Crippen LogP contribution is 2.33. The molecule has 1 fully saturated rings. The molecule has 1 heterocycles. The van der Waals surface area contributed by atoms with Crippen LogP contribution in [0, 0.1) is 0 Å². The standard InChI is InChI=1S/C18H14N2O5S/c21-13-7-6-11(8-14(13)22)9-15-17(24)20(18(25)26-15)10-16(23)19-12-4-2-1-3-5-12/h1-9,21-22H,10H2,(H,19,23)/b15-9+. The normalized spacial score (nSPS) is 15.5. The van der Waals surface area contributed by atoms with Crippen LogP contribution in [0.15, 0.2) is 53.4 Å². The molecule has 132 valence electrons. The monoisotopic (exact) mass is 370 g/mol. The van der Waals surface area contributed by atoms with Crippen LogP contribution in [0.25, 0.3) is 6.08 Å². The Morgan fingerprint density at radius 1 is 1.08 bits per heavy atom. The number of anilines is 1. The number of imide groups is 1. The summed E-state index contributed by atoms with van der Waals surface area (Å²) in [4.78, 5) is 37.5. The number of nitrogens with zero attached hydrogens (tertiary/aromatic N) is 1. The minimum Gasteiger partial charge on any atom is -0.504 e. The molecule has 3 N–H and O–H groups in total. The molecule has 0 saturated carbocycles. The van der Waals surface area contributed by atoms with E-state index in [1.165, 1.54) is 24.3 Å². The lowest BCUT2D eigenvalue weighted by Crippen LogP contribution is -2.36. The van der Waals surface area contributed by atoms with Crippen molar-refractivity contribution in [1.82, 2.24) is 4.90 Å². The Morgan fingerprint density at radius 3 is 2.50 bits per heavy atom. The maximum absolute atomic E-state index is 12.4. The molecule has 0 aromatic heterocycles. The Hall–Kier alpha value is -3.26. The molecule has 7 nitrogen and oxygen atoms in total. The summed E-state index contributed by atoms with van der Waals surface area (Å²) in [7, 11) is 0. The van der Waals surface area contributed by atoms with Gasteiger partial charge in [-0.2, -0.15) is 0 Å². The van der Waals surface area contributed by atoms with Crippen LogP contribution in [0.4, 0.5) is 10.5 Å². The summed E-state index contributed by atoms with van der Waals surface area (Å²) in [6.07, 6.45) is 1.42. The minimum atomic E-state index is -0.587. The van der Waals surface area contributed by atoms with E-state index in [1.54, 1.807) is 30.3 Å². The van der Waals surface area contributed by atoms with E-state index in [2.05, 4.69) is 5.32 Å². The average molecular weight is 370 g/mol.